The van der Waals surface area contributed by atoms with Gasteiger partial charge in [0.25, 0.3) is 0 Å². The lowest BCUT2D eigenvalue weighted by atomic mass is 10.1. The Morgan fingerprint density at radius 3 is 2.69 bits per heavy atom. The van der Waals surface area contributed by atoms with Crippen LogP contribution in [0.5, 0.6) is 0 Å². The van der Waals surface area contributed by atoms with Crippen molar-refractivity contribution in [3.8, 4) is 0 Å². The molecule has 0 aromatic carbocycles. The predicted octanol–water partition coefficient (Wildman–Crippen LogP) is 2.35. The number of rotatable bonds is 2. The van der Waals surface area contributed by atoms with Crippen LogP contribution >= 0.6 is 23.2 Å². The Kier molecular flexibility index (Phi) is 2.94. The van der Waals surface area contributed by atoms with Gasteiger partial charge < -0.3 is 0 Å². The van der Waals surface area contributed by atoms with Gasteiger partial charge in [0.05, 0.1) is 21.8 Å². The number of carbonyl (C=O) groups is 1. The number of ketones is 1. The SMILES string of the molecule is Cn1cc(C(=O)c2ncc(Cl)cc2Cl)cn1. The molecular formula is C10H7Cl2N3O. The summed E-state index contributed by atoms with van der Waals surface area (Å²) in [4.78, 5) is 15.9. The van der Waals surface area contributed by atoms with Gasteiger partial charge in [0.2, 0.25) is 5.78 Å². The number of halogens is 2. The van der Waals surface area contributed by atoms with E-state index in [-0.39, 0.29) is 16.5 Å². The van der Waals surface area contributed by atoms with Gasteiger partial charge in [0.1, 0.15) is 5.69 Å². The van der Waals surface area contributed by atoms with Crippen molar-refractivity contribution in [2.75, 3.05) is 0 Å². The van der Waals surface area contributed by atoms with Crippen molar-refractivity contribution in [3.05, 3.63) is 46.0 Å². The summed E-state index contributed by atoms with van der Waals surface area (Å²) in [6, 6.07) is 1.49. The number of hydrogen-bond donors (Lipinski definition) is 0. The molecule has 0 bridgehead atoms. The van der Waals surface area contributed by atoms with Crippen LogP contribution in [0.1, 0.15) is 16.1 Å². The highest BCUT2D eigenvalue weighted by Gasteiger charge is 2.16. The van der Waals surface area contributed by atoms with E-state index in [2.05, 4.69) is 10.1 Å². The van der Waals surface area contributed by atoms with E-state index in [1.165, 1.54) is 23.1 Å². The molecule has 0 aliphatic heterocycles. The summed E-state index contributed by atoms with van der Waals surface area (Å²) in [5.41, 5.74) is 0.623. The fraction of sp³-hybridized carbons (Fsp3) is 0.100. The molecule has 0 N–H and O–H groups in total. The second-order valence-corrected chi connectivity index (χ2v) is 4.06. The van der Waals surface area contributed by atoms with Crippen molar-refractivity contribution in [1.29, 1.82) is 0 Å². The number of hydrogen-bond acceptors (Lipinski definition) is 3. The topological polar surface area (TPSA) is 47.8 Å². The molecule has 16 heavy (non-hydrogen) atoms. The lowest BCUT2D eigenvalue weighted by Crippen LogP contribution is -2.03. The average molecular weight is 256 g/mol. The zero-order chi connectivity index (χ0) is 11.7. The normalized spacial score (nSPS) is 10.4. The molecule has 0 saturated carbocycles. The molecule has 0 amide bonds. The van der Waals surface area contributed by atoms with E-state index in [1.54, 1.807) is 13.2 Å². The van der Waals surface area contributed by atoms with Crippen molar-refractivity contribution in [1.82, 2.24) is 14.8 Å². The summed E-state index contributed by atoms with van der Waals surface area (Å²) in [5.74, 6) is -0.269. The second kappa shape index (κ2) is 4.23. The monoisotopic (exact) mass is 255 g/mol. The Morgan fingerprint density at radius 1 is 1.38 bits per heavy atom. The van der Waals surface area contributed by atoms with Crippen molar-refractivity contribution >= 4 is 29.0 Å². The quantitative estimate of drug-likeness (QED) is 0.775. The molecule has 2 aromatic rings. The van der Waals surface area contributed by atoms with E-state index in [0.29, 0.717) is 10.6 Å². The molecule has 0 spiro atoms. The molecule has 0 atom stereocenters. The van der Waals surface area contributed by atoms with E-state index < -0.39 is 0 Å². The molecule has 0 aliphatic rings. The van der Waals surface area contributed by atoms with Crippen LogP contribution in [-0.4, -0.2) is 20.5 Å². The van der Waals surface area contributed by atoms with E-state index in [9.17, 15) is 4.79 Å². The molecule has 2 rings (SSSR count). The van der Waals surface area contributed by atoms with Crippen molar-refractivity contribution < 1.29 is 4.79 Å². The van der Waals surface area contributed by atoms with Gasteiger partial charge in [-0.1, -0.05) is 23.2 Å². The van der Waals surface area contributed by atoms with Crippen molar-refractivity contribution in [2.24, 2.45) is 7.05 Å². The Balaban J connectivity index is 2.41. The fourth-order valence-corrected chi connectivity index (χ4v) is 1.72. The highest BCUT2D eigenvalue weighted by molar-refractivity contribution is 6.37. The average Bonchev–Trinajstić information content (AvgIpc) is 2.64. The highest BCUT2D eigenvalue weighted by Crippen LogP contribution is 2.20. The molecule has 0 unspecified atom stereocenters. The van der Waals surface area contributed by atoms with E-state index >= 15 is 0 Å². The summed E-state index contributed by atoms with van der Waals surface area (Å²) in [7, 11) is 1.73. The van der Waals surface area contributed by atoms with Crippen LogP contribution in [0.2, 0.25) is 10.0 Å². The first-order valence-corrected chi connectivity index (χ1v) is 5.18. The maximum absolute atomic E-state index is 11.9. The number of carbonyl (C=O) groups excluding carboxylic acids is 1. The third kappa shape index (κ3) is 2.08. The molecule has 0 radical (unpaired) electrons. The Morgan fingerprint density at radius 2 is 2.12 bits per heavy atom. The Hall–Kier alpha value is -1.39. The van der Waals surface area contributed by atoms with Crippen LogP contribution in [0.3, 0.4) is 0 Å². The van der Waals surface area contributed by atoms with Crippen LogP contribution < -0.4 is 0 Å². The number of aromatic nitrogens is 3. The van der Waals surface area contributed by atoms with Crippen LogP contribution in [0.4, 0.5) is 0 Å². The summed E-state index contributed by atoms with van der Waals surface area (Å²) in [5, 5.41) is 4.54. The molecule has 82 valence electrons. The number of nitrogens with zero attached hydrogens (tertiary/aromatic N) is 3. The van der Waals surface area contributed by atoms with Gasteiger partial charge in [0, 0.05) is 19.4 Å². The van der Waals surface area contributed by atoms with Crippen molar-refractivity contribution in [2.45, 2.75) is 0 Å². The van der Waals surface area contributed by atoms with Gasteiger partial charge in [-0.05, 0) is 6.07 Å². The van der Waals surface area contributed by atoms with Crippen LogP contribution in [0.25, 0.3) is 0 Å². The van der Waals surface area contributed by atoms with Crippen LogP contribution in [0.15, 0.2) is 24.7 Å². The smallest absolute Gasteiger partial charge is 0.216 e. The first kappa shape index (κ1) is 11.1. The van der Waals surface area contributed by atoms with E-state index in [4.69, 9.17) is 23.2 Å². The van der Waals surface area contributed by atoms with Gasteiger partial charge in [-0.2, -0.15) is 5.10 Å². The number of aryl methyl sites for hydroxylation is 1. The minimum atomic E-state index is -0.269. The summed E-state index contributed by atoms with van der Waals surface area (Å²) < 4.78 is 1.54. The molecular weight excluding hydrogens is 249 g/mol. The van der Waals surface area contributed by atoms with Gasteiger partial charge in [0.15, 0.2) is 0 Å². The zero-order valence-corrected chi connectivity index (χ0v) is 9.83. The third-order valence-corrected chi connectivity index (χ3v) is 2.48. The zero-order valence-electron chi connectivity index (χ0n) is 8.32. The fourth-order valence-electron chi connectivity index (χ4n) is 1.26. The second-order valence-electron chi connectivity index (χ2n) is 3.22. The lowest BCUT2D eigenvalue weighted by molar-refractivity contribution is 0.103. The first-order chi connectivity index (χ1) is 7.58. The Bertz CT molecular complexity index is 551. The molecule has 2 heterocycles. The summed E-state index contributed by atoms with van der Waals surface area (Å²) in [6.45, 7) is 0. The first-order valence-electron chi connectivity index (χ1n) is 4.42. The summed E-state index contributed by atoms with van der Waals surface area (Å²) in [6.07, 6.45) is 4.46. The van der Waals surface area contributed by atoms with E-state index in [0.717, 1.165) is 0 Å². The van der Waals surface area contributed by atoms with Crippen molar-refractivity contribution in [3.63, 3.8) is 0 Å². The van der Waals surface area contributed by atoms with Gasteiger partial charge >= 0.3 is 0 Å². The summed E-state index contributed by atoms with van der Waals surface area (Å²) >= 11 is 11.6. The standard InChI is InChI=1S/C10H7Cl2N3O/c1-15-5-6(3-14-15)10(16)9-8(12)2-7(11)4-13-9/h2-5H,1H3. The van der Waals surface area contributed by atoms with Gasteiger partial charge in [-0.3, -0.25) is 9.48 Å². The maximum Gasteiger partial charge on any atom is 0.216 e. The lowest BCUT2D eigenvalue weighted by Gasteiger charge is -2.00. The maximum atomic E-state index is 11.9. The van der Waals surface area contributed by atoms with E-state index in [1.807, 2.05) is 0 Å². The molecule has 4 nitrogen and oxygen atoms in total. The largest absolute Gasteiger partial charge is 0.287 e. The molecule has 0 saturated heterocycles. The Labute approximate surface area is 102 Å². The molecule has 6 heteroatoms. The predicted molar refractivity (Wildman–Crippen MR) is 60.9 cm³/mol. The minimum Gasteiger partial charge on any atom is -0.287 e. The number of pyridine rings is 1. The molecule has 2 aromatic heterocycles. The van der Waals surface area contributed by atoms with Crippen LogP contribution in [0, 0.1) is 0 Å². The molecule has 0 aliphatic carbocycles. The third-order valence-electron chi connectivity index (χ3n) is 1.99. The molecule has 0 fully saturated rings. The minimum absolute atomic E-state index is 0.180. The highest BCUT2D eigenvalue weighted by atomic mass is 35.5. The van der Waals surface area contributed by atoms with Crippen LogP contribution in [-0.2, 0) is 7.05 Å². The van der Waals surface area contributed by atoms with Gasteiger partial charge in [-0.15, -0.1) is 0 Å². The van der Waals surface area contributed by atoms with Gasteiger partial charge in [-0.25, -0.2) is 4.98 Å².